The van der Waals surface area contributed by atoms with Gasteiger partial charge >= 0.3 is 0 Å². The Bertz CT molecular complexity index is 310. The Morgan fingerprint density at radius 1 is 1.25 bits per heavy atom. The van der Waals surface area contributed by atoms with E-state index in [0.29, 0.717) is 6.04 Å². The minimum absolute atomic E-state index is 0.00648. The van der Waals surface area contributed by atoms with Crippen molar-refractivity contribution >= 4 is 0 Å². The van der Waals surface area contributed by atoms with Crippen molar-refractivity contribution in [2.24, 2.45) is 0 Å². The Morgan fingerprint density at radius 2 is 1.81 bits per heavy atom. The molecule has 1 unspecified atom stereocenters. The van der Waals surface area contributed by atoms with Crippen LogP contribution in [-0.4, -0.2) is 31.6 Å². The average molecular weight is 225 g/mol. The lowest BCUT2D eigenvalue weighted by atomic mass is 10.1. The molecule has 1 rings (SSSR count). The number of halogens is 1. The molecular formula is C13H20FNO. The summed E-state index contributed by atoms with van der Waals surface area (Å²) in [6, 6.07) is 6.96. The maximum Gasteiger partial charge on any atom is 0.123 e. The van der Waals surface area contributed by atoms with E-state index in [4.69, 9.17) is 4.74 Å². The van der Waals surface area contributed by atoms with E-state index in [2.05, 4.69) is 25.8 Å². The molecule has 2 nitrogen and oxygen atoms in total. The third-order valence-corrected chi connectivity index (χ3v) is 2.86. The molecule has 90 valence electrons. The van der Waals surface area contributed by atoms with Gasteiger partial charge in [-0.3, -0.25) is 0 Å². The van der Waals surface area contributed by atoms with Gasteiger partial charge in [-0.05, 0) is 38.6 Å². The van der Waals surface area contributed by atoms with Crippen LogP contribution in [0.15, 0.2) is 24.3 Å². The number of hydrogen-bond acceptors (Lipinski definition) is 2. The molecule has 0 radical (unpaired) electrons. The summed E-state index contributed by atoms with van der Waals surface area (Å²) >= 11 is 0. The van der Waals surface area contributed by atoms with Crippen LogP contribution < -0.4 is 0 Å². The molecule has 0 aliphatic heterocycles. The third-order valence-electron chi connectivity index (χ3n) is 2.86. The van der Waals surface area contributed by atoms with Crippen LogP contribution in [0.1, 0.15) is 25.5 Å². The SMILES string of the molecule is COC(CN(C)C(C)C)c1ccc(F)cc1. The number of benzene rings is 1. The Labute approximate surface area is 97.0 Å². The third kappa shape index (κ3) is 3.58. The van der Waals surface area contributed by atoms with Gasteiger partial charge in [-0.15, -0.1) is 0 Å². The van der Waals surface area contributed by atoms with Crippen LogP contribution in [0, 0.1) is 5.82 Å². The van der Waals surface area contributed by atoms with E-state index >= 15 is 0 Å². The highest BCUT2D eigenvalue weighted by atomic mass is 19.1. The van der Waals surface area contributed by atoms with E-state index in [-0.39, 0.29) is 11.9 Å². The van der Waals surface area contributed by atoms with Gasteiger partial charge in [0.25, 0.3) is 0 Å². The molecule has 1 atom stereocenters. The summed E-state index contributed by atoms with van der Waals surface area (Å²) in [5, 5.41) is 0. The second kappa shape index (κ2) is 5.97. The molecule has 16 heavy (non-hydrogen) atoms. The standard InChI is InChI=1S/C13H20FNO/c1-10(2)15(3)9-13(16-4)11-5-7-12(14)8-6-11/h5-8,10,13H,9H2,1-4H3. The fourth-order valence-corrected chi connectivity index (χ4v) is 1.47. The van der Waals surface area contributed by atoms with Gasteiger partial charge in [0.1, 0.15) is 5.82 Å². The van der Waals surface area contributed by atoms with E-state index in [1.54, 1.807) is 19.2 Å². The highest BCUT2D eigenvalue weighted by Crippen LogP contribution is 2.18. The Hall–Kier alpha value is -0.930. The molecule has 3 heteroatoms. The normalized spacial score (nSPS) is 13.4. The van der Waals surface area contributed by atoms with Gasteiger partial charge in [-0.25, -0.2) is 4.39 Å². The summed E-state index contributed by atoms with van der Waals surface area (Å²) in [6.07, 6.45) is -0.00648. The van der Waals surface area contributed by atoms with Crippen LogP contribution in [0.25, 0.3) is 0 Å². The topological polar surface area (TPSA) is 12.5 Å². The molecule has 0 bridgehead atoms. The highest BCUT2D eigenvalue weighted by molar-refractivity contribution is 5.19. The first-order valence-corrected chi connectivity index (χ1v) is 5.53. The van der Waals surface area contributed by atoms with Crippen LogP contribution in [0.4, 0.5) is 4.39 Å². The Kier molecular flexibility index (Phi) is 4.90. The predicted octanol–water partition coefficient (Wildman–Crippen LogP) is 2.85. The van der Waals surface area contributed by atoms with Crippen molar-refractivity contribution in [3.05, 3.63) is 35.6 Å². The zero-order valence-corrected chi connectivity index (χ0v) is 10.4. The number of methoxy groups -OCH3 is 1. The van der Waals surface area contributed by atoms with Crippen molar-refractivity contribution in [2.75, 3.05) is 20.7 Å². The number of rotatable bonds is 5. The van der Waals surface area contributed by atoms with Gasteiger partial charge in [0, 0.05) is 19.7 Å². The van der Waals surface area contributed by atoms with Gasteiger partial charge < -0.3 is 9.64 Å². The molecule has 0 heterocycles. The highest BCUT2D eigenvalue weighted by Gasteiger charge is 2.14. The van der Waals surface area contributed by atoms with Crippen LogP contribution in [0.5, 0.6) is 0 Å². The first kappa shape index (κ1) is 13.1. The summed E-state index contributed by atoms with van der Waals surface area (Å²) in [5.74, 6) is -0.212. The molecule has 1 aromatic rings. The van der Waals surface area contributed by atoms with Crippen LogP contribution >= 0.6 is 0 Å². The van der Waals surface area contributed by atoms with E-state index in [0.717, 1.165) is 12.1 Å². The van der Waals surface area contributed by atoms with Gasteiger partial charge in [0.2, 0.25) is 0 Å². The second-order valence-electron chi connectivity index (χ2n) is 4.31. The number of likely N-dealkylation sites (N-methyl/N-ethyl adjacent to an activating group) is 1. The van der Waals surface area contributed by atoms with Crippen LogP contribution in [0.2, 0.25) is 0 Å². The van der Waals surface area contributed by atoms with Crippen molar-refractivity contribution in [1.29, 1.82) is 0 Å². The number of nitrogens with zero attached hydrogens (tertiary/aromatic N) is 1. The van der Waals surface area contributed by atoms with Gasteiger partial charge in [0.05, 0.1) is 6.10 Å². The van der Waals surface area contributed by atoms with Gasteiger partial charge in [0.15, 0.2) is 0 Å². The molecule has 0 aliphatic carbocycles. The zero-order chi connectivity index (χ0) is 12.1. The minimum atomic E-state index is -0.212. The second-order valence-corrected chi connectivity index (χ2v) is 4.31. The lowest BCUT2D eigenvalue weighted by Crippen LogP contribution is -2.31. The summed E-state index contributed by atoms with van der Waals surface area (Å²) in [5.41, 5.74) is 1.01. The van der Waals surface area contributed by atoms with Crippen LogP contribution in [0.3, 0.4) is 0 Å². The van der Waals surface area contributed by atoms with Crippen molar-refractivity contribution in [3.8, 4) is 0 Å². The summed E-state index contributed by atoms with van der Waals surface area (Å²) in [7, 11) is 3.74. The van der Waals surface area contributed by atoms with E-state index < -0.39 is 0 Å². The molecule has 0 aliphatic rings. The first-order chi connectivity index (χ1) is 7.54. The summed E-state index contributed by atoms with van der Waals surface area (Å²) in [4.78, 5) is 2.21. The molecule has 0 fully saturated rings. The minimum Gasteiger partial charge on any atom is -0.375 e. The average Bonchev–Trinajstić information content (AvgIpc) is 2.26. The van der Waals surface area contributed by atoms with E-state index in [9.17, 15) is 4.39 Å². The Morgan fingerprint density at radius 3 is 2.25 bits per heavy atom. The fraction of sp³-hybridized carbons (Fsp3) is 0.538. The van der Waals surface area contributed by atoms with E-state index in [1.165, 1.54) is 12.1 Å². The largest absolute Gasteiger partial charge is 0.375 e. The zero-order valence-electron chi connectivity index (χ0n) is 10.4. The molecular weight excluding hydrogens is 205 g/mol. The lowest BCUT2D eigenvalue weighted by molar-refractivity contribution is 0.0630. The molecule has 0 saturated carbocycles. The van der Waals surface area contributed by atoms with E-state index in [1.807, 2.05) is 0 Å². The van der Waals surface area contributed by atoms with Crippen molar-refractivity contribution in [1.82, 2.24) is 4.90 Å². The molecule has 0 N–H and O–H groups in total. The smallest absolute Gasteiger partial charge is 0.123 e. The van der Waals surface area contributed by atoms with Crippen LogP contribution in [-0.2, 0) is 4.74 Å². The molecule has 0 saturated heterocycles. The molecule has 0 aromatic heterocycles. The predicted molar refractivity (Wildman–Crippen MR) is 63.9 cm³/mol. The first-order valence-electron chi connectivity index (χ1n) is 5.53. The summed E-state index contributed by atoms with van der Waals surface area (Å²) in [6.45, 7) is 5.08. The van der Waals surface area contributed by atoms with Crippen molar-refractivity contribution in [3.63, 3.8) is 0 Å². The fourth-order valence-electron chi connectivity index (χ4n) is 1.47. The van der Waals surface area contributed by atoms with Crippen molar-refractivity contribution < 1.29 is 9.13 Å². The monoisotopic (exact) mass is 225 g/mol. The molecule has 0 spiro atoms. The van der Waals surface area contributed by atoms with Gasteiger partial charge in [-0.1, -0.05) is 12.1 Å². The number of ether oxygens (including phenoxy) is 1. The number of hydrogen-bond donors (Lipinski definition) is 0. The molecule has 0 amide bonds. The lowest BCUT2D eigenvalue weighted by Gasteiger charge is -2.26. The Balaban J connectivity index is 2.70. The quantitative estimate of drug-likeness (QED) is 0.764. The molecule has 1 aromatic carbocycles. The maximum atomic E-state index is 12.8. The maximum absolute atomic E-state index is 12.8. The summed E-state index contributed by atoms with van der Waals surface area (Å²) < 4.78 is 18.2. The van der Waals surface area contributed by atoms with Gasteiger partial charge in [-0.2, -0.15) is 0 Å². The van der Waals surface area contributed by atoms with Crippen molar-refractivity contribution in [2.45, 2.75) is 26.0 Å².